The molecule has 0 bridgehead atoms. The molecule has 0 radical (unpaired) electrons. The number of nitrogens with two attached hydrogens (primary N) is 1. The highest BCUT2D eigenvalue weighted by Crippen LogP contribution is 2.21. The quantitative estimate of drug-likeness (QED) is 0.832. The maximum absolute atomic E-state index is 12.0. The molecule has 0 saturated carbocycles. The first kappa shape index (κ1) is 14.3. The SMILES string of the molecule is NC(=O)c1ccc(CS(=O)(=O)CC2CNC2)c(Cl)c1. The van der Waals surface area contributed by atoms with Gasteiger partial charge in [0.1, 0.15) is 0 Å². The Morgan fingerprint density at radius 1 is 1.42 bits per heavy atom. The number of hydrogen-bond acceptors (Lipinski definition) is 4. The third kappa shape index (κ3) is 3.68. The van der Waals surface area contributed by atoms with Crippen LogP contribution in [0.4, 0.5) is 0 Å². The molecule has 1 aliphatic rings. The van der Waals surface area contributed by atoms with Gasteiger partial charge in [0.2, 0.25) is 5.91 Å². The van der Waals surface area contributed by atoms with E-state index in [-0.39, 0.29) is 28.0 Å². The van der Waals surface area contributed by atoms with Crippen molar-refractivity contribution >= 4 is 27.3 Å². The van der Waals surface area contributed by atoms with Gasteiger partial charge in [-0.3, -0.25) is 4.79 Å². The topological polar surface area (TPSA) is 89.3 Å². The van der Waals surface area contributed by atoms with Gasteiger partial charge in [-0.25, -0.2) is 8.42 Å². The van der Waals surface area contributed by atoms with Crippen molar-refractivity contribution in [2.24, 2.45) is 11.7 Å². The van der Waals surface area contributed by atoms with Gasteiger partial charge in [0.25, 0.3) is 0 Å². The lowest BCUT2D eigenvalue weighted by molar-refractivity contribution is 0.100. The summed E-state index contributed by atoms with van der Waals surface area (Å²) in [5, 5.41) is 3.29. The fraction of sp³-hybridized carbons (Fsp3) is 0.417. The Morgan fingerprint density at radius 3 is 2.58 bits per heavy atom. The first-order valence-corrected chi connectivity index (χ1v) is 8.07. The molecule has 0 aromatic heterocycles. The van der Waals surface area contributed by atoms with Gasteiger partial charge in [-0.15, -0.1) is 0 Å². The van der Waals surface area contributed by atoms with Crippen LogP contribution in [0.15, 0.2) is 18.2 Å². The molecule has 1 heterocycles. The van der Waals surface area contributed by atoms with Crippen molar-refractivity contribution in [3.63, 3.8) is 0 Å². The van der Waals surface area contributed by atoms with Crippen LogP contribution in [0.2, 0.25) is 5.02 Å². The van der Waals surface area contributed by atoms with E-state index >= 15 is 0 Å². The Labute approximate surface area is 117 Å². The number of carbonyl (C=O) groups is 1. The minimum absolute atomic E-state index is 0.110. The minimum atomic E-state index is -3.19. The van der Waals surface area contributed by atoms with E-state index < -0.39 is 15.7 Å². The zero-order valence-corrected chi connectivity index (χ0v) is 11.8. The van der Waals surface area contributed by atoms with Crippen LogP contribution in [-0.4, -0.2) is 33.2 Å². The van der Waals surface area contributed by atoms with Crippen molar-refractivity contribution in [1.29, 1.82) is 0 Å². The molecule has 1 aromatic carbocycles. The average molecular weight is 303 g/mol. The van der Waals surface area contributed by atoms with E-state index in [0.717, 1.165) is 13.1 Å². The molecule has 19 heavy (non-hydrogen) atoms. The second kappa shape index (κ2) is 5.48. The van der Waals surface area contributed by atoms with Crippen LogP contribution in [0.1, 0.15) is 15.9 Å². The summed E-state index contributed by atoms with van der Waals surface area (Å²) in [5.41, 5.74) is 5.90. The van der Waals surface area contributed by atoms with Crippen LogP contribution >= 0.6 is 11.6 Å². The summed E-state index contributed by atoms with van der Waals surface area (Å²) in [6, 6.07) is 4.43. The van der Waals surface area contributed by atoms with Crippen LogP contribution in [0.3, 0.4) is 0 Å². The van der Waals surface area contributed by atoms with Crippen molar-refractivity contribution in [2.75, 3.05) is 18.8 Å². The molecular formula is C12H15ClN2O3S. The van der Waals surface area contributed by atoms with Crippen LogP contribution in [-0.2, 0) is 15.6 Å². The van der Waals surface area contributed by atoms with Crippen LogP contribution < -0.4 is 11.1 Å². The van der Waals surface area contributed by atoms with E-state index in [0.29, 0.717) is 5.56 Å². The Hall–Kier alpha value is -1.11. The molecule has 0 aliphatic carbocycles. The summed E-state index contributed by atoms with van der Waals surface area (Å²) in [4.78, 5) is 11.0. The molecular weight excluding hydrogens is 288 g/mol. The standard InChI is InChI=1S/C12H15ClN2O3S/c13-11-3-9(12(14)16)1-2-10(11)7-19(17,18)6-8-4-15-5-8/h1-3,8,15H,4-7H2,(H2,14,16). The van der Waals surface area contributed by atoms with E-state index in [1.54, 1.807) is 6.07 Å². The third-order valence-electron chi connectivity index (χ3n) is 3.07. The molecule has 1 aliphatic heterocycles. The summed E-state index contributed by atoms with van der Waals surface area (Å²) < 4.78 is 24.0. The smallest absolute Gasteiger partial charge is 0.248 e. The third-order valence-corrected chi connectivity index (χ3v) is 5.15. The normalized spacial score (nSPS) is 16.1. The molecule has 1 fully saturated rings. The van der Waals surface area contributed by atoms with E-state index in [1.165, 1.54) is 12.1 Å². The van der Waals surface area contributed by atoms with Crippen LogP contribution in [0.5, 0.6) is 0 Å². The van der Waals surface area contributed by atoms with Gasteiger partial charge < -0.3 is 11.1 Å². The van der Waals surface area contributed by atoms with E-state index in [9.17, 15) is 13.2 Å². The van der Waals surface area contributed by atoms with Gasteiger partial charge >= 0.3 is 0 Å². The van der Waals surface area contributed by atoms with Gasteiger partial charge in [-0.1, -0.05) is 17.7 Å². The molecule has 7 heteroatoms. The highest BCUT2D eigenvalue weighted by molar-refractivity contribution is 7.90. The second-order valence-electron chi connectivity index (χ2n) is 4.75. The van der Waals surface area contributed by atoms with Crippen LogP contribution in [0.25, 0.3) is 0 Å². The summed E-state index contributed by atoms with van der Waals surface area (Å²) >= 11 is 5.98. The summed E-state index contributed by atoms with van der Waals surface area (Å²) in [6.07, 6.45) is 0. The van der Waals surface area contributed by atoms with Crippen LogP contribution in [0, 0.1) is 5.92 Å². The lowest BCUT2D eigenvalue weighted by Gasteiger charge is -2.26. The number of amides is 1. The second-order valence-corrected chi connectivity index (χ2v) is 7.27. The average Bonchev–Trinajstić information content (AvgIpc) is 2.26. The highest BCUT2D eigenvalue weighted by Gasteiger charge is 2.25. The summed E-state index contributed by atoms with van der Waals surface area (Å²) in [6.45, 7) is 1.49. The molecule has 3 N–H and O–H groups in total. The molecule has 104 valence electrons. The number of nitrogens with one attached hydrogen (secondary N) is 1. The van der Waals surface area contributed by atoms with Gasteiger partial charge in [-0.05, 0) is 23.6 Å². The fourth-order valence-electron chi connectivity index (χ4n) is 1.94. The predicted molar refractivity (Wildman–Crippen MR) is 73.8 cm³/mol. The summed E-state index contributed by atoms with van der Waals surface area (Å²) in [7, 11) is -3.19. The molecule has 5 nitrogen and oxygen atoms in total. The van der Waals surface area contributed by atoms with Crippen molar-refractivity contribution in [2.45, 2.75) is 5.75 Å². The Morgan fingerprint density at radius 2 is 2.11 bits per heavy atom. The molecule has 0 spiro atoms. The first-order valence-electron chi connectivity index (χ1n) is 5.87. The van der Waals surface area contributed by atoms with E-state index in [4.69, 9.17) is 17.3 Å². The monoisotopic (exact) mass is 302 g/mol. The number of benzene rings is 1. The Bertz CT molecular complexity index is 597. The number of sulfone groups is 1. The Kier molecular flexibility index (Phi) is 4.13. The number of carbonyl (C=O) groups excluding carboxylic acids is 1. The lowest BCUT2D eigenvalue weighted by atomic mass is 10.1. The fourth-order valence-corrected chi connectivity index (χ4v) is 4.06. The molecule has 1 aromatic rings. The molecule has 1 saturated heterocycles. The highest BCUT2D eigenvalue weighted by atomic mass is 35.5. The first-order chi connectivity index (χ1) is 8.87. The number of rotatable bonds is 5. The maximum atomic E-state index is 12.0. The van der Waals surface area contributed by atoms with E-state index in [1.807, 2.05) is 0 Å². The van der Waals surface area contributed by atoms with Gasteiger partial charge in [0.05, 0.1) is 11.5 Å². The Balaban J connectivity index is 2.11. The molecule has 1 amide bonds. The predicted octanol–water partition coefficient (Wildman–Crippen LogP) is 0.573. The number of halogens is 1. The zero-order valence-electron chi connectivity index (χ0n) is 10.2. The zero-order chi connectivity index (χ0) is 14.0. The van der Waals surface area contributed by atoms with Gasteiger partial charge in [-0.2, -0.15) is 0 Å². The van der Waals surface area contributed by atoms with Gasteiger partial charge in [0.15, 0.2) is 9.84 Å². The molecule has 2 rings (SSSR count). The summed E-state index contributed by atoms with van der Waals surface area (Å²) in [5.74, 6) is -0.347. The molecule has 0 unspecified atom stereocenters. The van der Waals surface area contributed by atoms with Crippen molar-refractivity contribution in [3.8, 4) is 0 Å². The number of primary amides is 1. The molecule has 0 atom stereocenters. The largest absolute Gasteiger partial charge is 0.366 e. The lowest BCUT2D eigenvalue weighted by Crippen LogP contribution is -2.45. The van der Waals surface area contributed by atoms with Crippen molar-refractivity contribution in [1.82, 2.24) is 5.32 Å². The minimum Gasteiger partial charge on any atom is -0.366 e. The van der Waals surface area contributed by atoms with Crippen molar-refractivity contribution < 1.29 is 13.2 Å². The van der Waals surface area contributed by atoms with Crippen molar-refractivity contribution in [3.05, 3.63) is 34.3 Å². The van der Waals surface area contributed by atoms with E-state index in [2.05, 4.69) is 5.32 Å². The van der Waals surface area contributed by atoms with Gasteiger partial charge in [0, 0.05) is 23.7 Å². The number of hydrogen-bond donors (Lipinski definition) is 2. The maximum Gasteiger partial charge on any atom is 0.248 e.